The lowest BCUT2D eigenvalue weighted by Crippen LogP contribution is -2.17. The number of nitrogens with one attached hydrogen (secondary N) is 1. The van der Waals surface area contributed by atoms with Crippen LogP contribution in [-0.4, -0.2) is 19.6 Å². The largest absolute Gasteiger partial charge is 0.489 e. The number of methoxy groups -OCH3 is 1. The van der Waals surface area contributed by atoms with Gasteiger partial charge >= 0.3 is 0 Å². The van der Waals surface area contributed by atoms with Crippen molar-refractivity contribution in [2.75, 3.05) is 19.0 Å². The molecule has 0 spiro atoms. The Labute approximate surface area is 118 Å². The highest BCUT2D eigenvalue weighted by molar-refractivity contribution is 5.91. The van der Waals surface area contributed by atoms with E-state index in [4.69, 9.17) is 9.47 Å². The topological polar surface area (TPSA) is 47.6 Å². The highest BCUT2D eigenvalue weighted by atomic mass is 16.5. The van der Waals surface area contributed by atoms with Crippen LogP contribution in [0.5, 0.6) is 5.75 Å². The first kappa shape index (κ1) is 14.1. The van der Waals surface area contributed by atoms with Gasteiger partial charge in [-0.15, -0.1) is 0 Å². The van der Waals surface area contributed by atoms with E-state index >= 15 is 0 Å². The third-order valence-electron chi connectivity index (χ3n) is 2.64. The summed E-state index contributed by atoms with van der Waals surface area (Å²) < 4.78 is 10.5. The van der Waals surface area contributed by atoms with Crippen LogP contribution < -0.4 is 10.1 Å². The van der Waals surface area contributed by atoms with Crippen LogP contribution in [0.25, 0.3) is 0 Å². The Balaban J connectivity index is 1.94. The quantitative estimate of drug-likeness (QED) is 0.878. The predicted molar refractivity (Wildman–Crippen MR) is 77.7 cm³/mol. The molecule has 1 N–H and O–H groups in total. The lowest BCUT2D eigenvalue weighted by Gasteiger charge is -2.09. The van der Waals surface area contributed by atoms with Crippen molar-refractivity contribution >= 4 is 11.6 Å². The molecule has 0 aliphatic carbocycles. The summed E-state index contributed by atoms with van der Waals surface area (Å²) in [7, 11) is 1.49. The lowest BCUT2D eigenvalue weighted by molar-refractivity contribution is -0.119. The number of hydrogen-bond acceptors (Lipinski definition) is 3. The van der Waals surface area contributed by atoms with Crippen LogP contribution in [0.3, 0.4) is 0 Å². The zero-order chi connectivity index (χ0) is 14.2. The number of amides is 1. The van der Waals surface area contributed by atoms with Gasteiger partial charge in [0.15, 0.2) is 0 Å². The van der Waals surface area contributed by atoms with Crippen molar-refractivity contribution in [2.45, 2.75) is 6.61 Å². The summed E-state index contributed by atoms with van der Waals surface area (Å²) in [5.74, 6) is 0.525. The normalized spacial score (nSPS) is 10.1. The van der Waals surface area contributed by atoms with Gasteiger partial charge < -0.3 is 14.8 Å². The molecule has 2 aromatic carbocycles. The summed E-state index contributed by atoms with van der Waals surface area (Å²) in [4.78, 5) is 11.4. The number of ether oxygens (including phenoxy) is 2. The van der Waals surface area contributed by atoms with Crippen molar-refractivity contribution in [1.82, 2.24) is 0 Å². The van der Waals surface area contributed by atoms with Crippen LogP contribution in [0, 0.1) is 0 Å². The molecule has 0 aliphatic rings. The van der Waals surface area contributed by atoms with E-state index in [0.29, 0.717) is 18.0 Å². The van der Waals surface area contributed by atoms with E-state index in [1.54, 1.807) is 6.07 Å². The molecule has 4 heteroatoms. The molecule has 0 unspecified atom stereocenters. The minimum atomic E-state index is -0.187. The van der Waals surface area contributed by atoms with E-state index in [1.165, 1.54) is 7.11 Å². The van der Waals surface area contributed by atoms with Gasteiger partial charge in [0.05, 0.1) is 0 Å². The van der Waals surface area contributed by atoms with E-state index in [0.717, 1.165) is 5.56 Å². The zero-order valence-electron chi connectivity index (χ0n) is 11.3. The maximum atomic E-state index is 11.4. The molecule has 0 saturated heterocycles. The number of anilines is 1. The fraction of sp³-hybridized carbons (Fsp3) is 0.188. The van der Waals surface area contributed by atoms with Crippen molar-refractivity contribution < 1.29 is 14.3 Å². The summed E-state index contributed by atoms with van der Waals surface area (Å²) in [6, 6.07) is 17.2. The van der Waals surface area contributed by atoms with Crippen LogP contribution >= 0.6 is 0 Å². The average molecular weight is 271 g/mol. The molecule has 0 atom stereocenters. The molecule has 2 rings (SSSR count). The van der Waals surface area contributed by atoms with E-state index < -0.39 is 0 Å². The monoisotopic (exact) mass is 271 g/mol. The molecule has 0 radical (unpaired) electrons. The van der Waals surface area contributed by atoms with Gasteiger partial charge in [-0.25, -0.2) is 0 Å². The van der Waals surface area contributed by atoms with Crippen molar-refractivity contribution in [1.29, 1.82) is 0 Å². The van der Waals surface area contributed by atoms with Crippen molar-refractivity contribution in [2.24, 2.45) is 0 Å². The Hall–Kier alpha value is -2.33. The number of benzene rings is 2. The predicted octanol–water partition coefficient (Wildman–Crippen LogP) is 2.85. The van der Waals surface area contributed by atoms with Crippen LogP contribution in [0.1, 0.15) is 5.56 Å². The molecular weight excluding hydrogens is 254 g/mol. The van der Waals surface area contributed by atoms with Crippen LogP contribution in [0.4, 0.5) is 5.69 Å². The van der Waals surface area contributed by atoms with Crippen molar-refractivity contribution in [3.8, 4) is 5.75 Å². The standard InChI is InChI=1S/C16H17NO3/c1-19-12-16(18)17-14-8-5-9-15(10-14)20-11-13-6-3-2-4-7-13/h2-10H,11-12H2,1H3,(H,17,18). The first-order valence-electron chi connectivity index (χ1n) is 6.33. The van der Waals surface area contributed by atoms with E-state index in [-0.39, 0.29) is 12.5 Å². The Kier molecular flexibility index (Phi) is 5.15. The second-order valence-corrected chi connectivity index (χ2v) is 4.28. The Morgan fingerprint density at radius 2 is 1.90 bits per heavy atom. The first-order valence-corrected chi connectivity index (χ1v) is 6.33. The highest BCUT2D eigenvalue weighted by Gasteiger charge is 2.02. The maximum Gasteiger partial charge on any atom is 0.250 e. The number of carbonyl (C=O) groups is 1. The van der Waals surface area contributed by atoms with Gasteiger partial charge in [-0.05, 0) is 17.7 Å². The fourth-order valence-corrected chi connectivity index (χ4v) is 1.73. The molecule has 0 bridgehead atoms. The minimum absolute atomic E-state index is 0.0368. The van der Waals surface area contributed by atoms with Gasteiger partial charge in [0.25, 0.3) is 0 Å². The molecule has 0 saturated carbocycles. The fourth-order valence-electron chi connectivity index (χ4n) is 1.73. The molecular formula is C16H17NO3. The van der Waals surface area contributed by atoms with E-state index in [9.17, 15) is 4.79 Å². The third kappa shape index (κ3) is 4.40. The SMILES string of the molecule is COCC(=O)Nc1cccc(OCc2ccccc2)c1. The van der Waals surface area contributed by atoms with Crippen molar-refractivity contribution in [3.63, 3.8) is 0 Å². The molecule has 2 aromatic rings. The summed E-state index contributed by atoms with van der Waals surface area (Å²) in [6.45, 7) is 0.533. The lowest BCUT2D eigenvalue weighted by atomic mass is 10.2. The molecule has 0 aliphatic heterocycles. The summed E-state index contributed by atoms with van der Waals surface area (Å²) in [6.07, 6.45) is 0. The molecule has 20 heavy (non-hydrogen) atoms. The Bertz CT molecular complexity index is 555. The maximum absolute atomic E-state index is 11.4. The molecule has 0 aromatic heterocycles. The van der Waals surface area contributed by atoms with Crippen LogP contribution in [0.15, 0.2) is 54.6 Å². The van der Waals surface area contributed by atoms with Gasteiger partial charge in [-0.3, -0.25) is 4.79 Å². The molecule has 4 nitrogen and oxygen atoms in total. The number of rotatable bonds is 6. The molecule has 104 valence electrons. The van der Waals surface area contributed by atoms with E-state index in [2.05, 4.69) is 5.32 Å². The van der Waals surface area contributed by atoms with Gasteiger partial charge in [-0.2, -0.15) is 0 Å². The second kappa shape index (κ2) is 7.31. The molecule has 0 heterocycles. The average Bonchev–Trinajstić information content (AvgIpc) is 2.47. The van der Waals surface area contributed by atoms with Crippen LogP contribution in [0.2, 0.25) is 0 Å². The summed E-state index contributed by atoms with van der Waals surface area (Å²) in [5.41, 5.74) is 1.79. The highest BCUT2D eigenvalue weighted by Crippen LogP contribution is 2.18. The zero-order valence-corrected chi connectivity index (χ0v) is 11.3. The Morgan fingerprint density at radius 3 is 2.65 bits per heavy atom. The van der Waals surface area contributed by atoms with Gasteiger partial charge in [-0.1, -0.05) is 36.4 Å². The number of hydrogen-bond donors (Lipinski definition) is 1. The summed E-state index contributed by atoms with van der Waals surface area (Å²) in [5, 5.41) is 2.74. The summed E-state index contributed by atoms with van der Waals surface area (Å²) >= 11 is 0. The van der Waals surface area contributed by atoms with E-state index in [1.807, 2.05) is 48.5 Å². The second-order valence-electron chi connectivity index (χ2n) is 4.28. The third-order valence-corrected chi connectivity index (χ3v) is 2.64. The Morgan fingerprint density at radius 1 is 1.10 bits per heavy atom. The molecule has 1 amide bonds. The first-order chi connectivity index (χ1) is 9.78. The smallest absolute Gasteiger partial charge is 0.250 e. The van der Waals surface area contributed by atoms with Gasteiger partial charge in [0.1, 0.15) is 19.0 Å². The van der Waals surface area contributed by atoms with Crippen molar-refractivity contribution in [3.05, 3.63) is 60.2 Å². The number of carbonyl (C=O) groups excluding carboxylic acids is 1. The van der Waals surface area contributed by atoms with Crippen LogP contribution in [-0.2, 0) is 16.1 Å². The van der Waals surface area contributed by atoms with Gasteiger partial charge in [0, 0.05) is 18.9 Å². The molecule has 0 fully saturated rings. The van der Waals surface area contributed by atoms with Gasteiger partial charge in [0.2, 0.25) is 5.91 Å². The minimum Gasteiger partial charge on any atom is -0.489 e.